The van der Waals surface area contributed by atoms with Gasteiger partial charge in [-0.1, -0.05) is 41.5 Å². The Morgan fingerprint density at radius 1 is 0.917 bits per heavy atom. The zero-order chi connectivity index (χ0) is 9.62. The Hall–Kier alpha value is -0.0800. The molecule has 1 aliphatic heterocycles. The van der Waals surface area contributed by atoms with E-state index in [1.54, 1.807) is 0 Å². The third-order valence-corrected chi connectivity index (χ3v) is 2.89. The van der Waals surface area contributed by atoms with Crippen LogP contribution < -0.4 is 0 Å². The predicted molar refractivity (Wildman–Crippen MR) is 48.7 cm³/mol. The third-order valence-electron chi connectivity index (χ3n) is 2.89. The molecular formula is C10H20O2. The second-order valence-electron chi connectivity index (χ2n) is 5.67. The van der Waals surface area contributed by atoms with Crippen LogP contribution >= 0.6 is 0 Å². The van der Waals surface area contributed by atoms with Crippen LogP contribution in [-0.2, 0) is 9.78 Å². The molecule has 0 aromatic carbocycles. The topological polar surface area (TPSA) is 18.5 Å². The molecule has 0 bridgehead atoms. The standard InChI is InChI=1S/C10H20O2/c1-8(2,3)10(7-11-12-10)9(4,5)6/h7H2,1-6H3. The van der Waals surface area contributed by atoms with E-state index >= 15 is 0 Å². The zero-order valence-corrected chi connectivity index (χ0v) is 9.02. The van der Waals surface area contributed by atoms with E-state index in [-0.39, 0.29) is 16.4 Å². The largest absolute Gasteiger partial charge is 0.233 e. The van der Waals surface area contributed by atoms with Gasteiger partial charge in [0.25, 0.3) is 0 Å². The van der Waals surface area contributed by atoms with E-state index in [0.29, 0.717) is 6.61 Å². The van der Waals surface area contributed by atoms with Crippen LogP contribution in [0.4, 0.5) is 0 Å². The molecule has 1 heterocycles. The van der Waals surface area contributed by atoms with Gasteiger partial charge in [0.05, 0.1) is 0 Å². The molecule has 0 aliphatic carbocycles. The first-order valence-electron chi connectivity index (χ1n) is 4.51. The molecule has 1 rings (SSSR count). The fourth-order valence-electron chi connectivity index (χ4n) is 1.98. The van der Waals surface area contributed by atoms with Crippen LogP contribution in [0.2, 0.25) is 0 Å². The molecule has 2 nitrogen and oxygen atoms in total. The molecule has 1 saturated heterocycles. The van der Waals surface area contributed by atoms with Gasteiger partial charge in [0.2, 0.25) is 0 Å². The molecule has 0 amide bonds. The summed E-state index contributed by atoms with van der Waals surface area (Å²) in [5, 5.41) is 0. The Bertz CT molecular complexity index is 151. The molecule has 0 spiro atoms. The number of hydrogen-bond donors (Lipinski definition) is 0. The van der Waals surface area contributed by atoms with Gasteiger partial charge in [-0.25, -0.2) is 9.78 Å². The summed E-state index contributed by atoms with van der Waals surface area (Å²) in [4.78, 5) is 10.2. The Morgan fingerprint density at radius 2 is 1.25 bits per heavy atom. The van der Waals surface area contributed by atoms with Crippen molar-refractivity contribution in [2.45, 2.75) is 47.1 Å². The average Bonchev–Trinajstić information content (AvgIpc) is 1.47. The van der Waals surface area contributed by atoms with Gasteiger partial charge in [0.1, 0.15) is 12.2 Å². The summed E-state index contributed by atoms with van der Waals surface area (Å²) in [6, 6.07) is 0. The SMILES string of the molecule is CC(C)(C)C1(C(C)(C)C)COO1. The highest BCUT2D eigenvalue weighted by molar-refractivity contribution is 5.02. The van der Waals surface area contributed by atoms with E-state index in [1.165, 1.54) is 0 Å². The van der Waals surface area contributed by atoms with E-state index in [9.17, 15) is 0 Å². The molecule has 2 heteroatoms. The van der Waals surface area contributed by atoms with Crippen molar-refractivity contribution in [1.29, 1.82) is 0 Å². The van der Waals surface area contributed by atoms with Crippen molar-refractivity contribution in [3.63, 3.8) is 0 Å². The van der Waals surface area contributed by atoms with Gasteiger partial charge in [0, 0.05) is 0 Å². The molecular weight excluding hydrogens is 152 g/mol. The molecule has 0 radical (unpaired) electrons. The maximum Gasteiger partial charge on any atom is 0.139 e. The van der Waals surface area contributed by atoms with Gasteiger partial charge < -0.3 is 0 Å². The number of hydrogen-bond acceptors (Lipinski definition) is 2. The average molecular weight is 172 g/mol. The van der Waals surface area contributed by atoms with Crippen molar-refractivity contribution >= 4 is 0 Å². The smallest absolute Gasteiger partial charge is 0.139 e. The second-order valence-corrected chi connectivity index (χ2v) is 5.67. The van der Waals surface area contributed by atoms with Gasteiger partial charge in [0.15, 0.2) is 0 Å². The zero-order valence-electron chi connectivity index (χ0n) is 9.02. The number of rotatable bonds is 0. The highest BCUT2D eigenvalue weighted by Crippen LogP contribution is 2.51. The first kappa shape index (κ1) is 10.0. The molecule has 0 aromatic rings. The Labute approximate surface area is 75.2 Å². The lowest BCUT2D eigenvalue weighted by Gasteiger charge is -2.56. The third kappa shape index (κ3) is 1.17. The van der Waals surface area contributed by atoms with Crippen molar-refractivity contribution in [2.75, 3.05) is 6.61 Å². The molecule has 0 aromatic heterocycles. The van der Waals surface area contributed by atoms with Crippen molar-refractivity contribution in [1.82, 2.24) is 0 Å². The van der Waals surface area contributed by atoms with Crippen LogP contribution in [0.15, 0.2) is 0 Å². The monoisotopic (exact) mass is 172 g/mol. The predicted octanol–water partition coefficient (Wildman–Crippen LogP) is 2.78. The Morgan fingerprint density at radius 3 is 1.25 bits per heavy atom. The summed E-state index contributed by atoms with van der Waals surface area (Å²) in [6.45, 7) is 13.9. The minimum atomic E-state index is -0.125. The van der Waals surface area contributed by atoms with Crippen molar-refractivity contribution < 1.29 is 9.78 Å². The van der Waals surface area contributed by atoms with Crippen LogP contribution in [0.25, 0.3) is 0 Å². The fraction of sp³-hybridized carbons (Fsp3) is 1.00. The summed E-state index contributed by atoms with van der Waals surface area (Å²) in [6.07, 6.45) is 0. The van der Waals surface area contributed by atoms with E-state index in [2.05, 4.69) is 41.5 Å². The minimum absolute atomic E-state index is 0.125. The molecule has 0 N–H and O–H groups in total. The molecule has 0 saturated carbocycles. The van der Waals surface area contributed by atoms with E-state index in [1.807, 2.05) is 0 Å². The van der Waals surface area contributed by atoms with E-state index < -0.39 is 0 Å². The molecule has 72 valence electrons. The summed E-state index contributed by atoms with van der Waals surface area (Å²) in [5.74, 6) is 0. The van der Waals surface area contributed by atoms with Gasteiger partial charge in [-0.3, -0.25) is 0 Å². The van der Waals surface area contributed by atoms with Crippen molar-refractivity contribution in [2.24, 2.45) is 10.8 Å². The summed E-state index contributed by atoms with van der Waals surface area (Å²) >= 11 is 0. The quantitative estimate of drug-likeness (QED) is 0.523. The second kappa shape index (κ2) is 2.46. The lowest BCUT2D eigenvalue weighted by atomic mass is 9.62. The first-order chi connectivity index (χ1) is 5.21. The molecule has 1 fully saturated rings. The van der Waals surface area contributed by atoms with Crippen LogP contribution in [0.5, 0.6) is 0 Å². The van der Waals surface area contributed by atoms with Crippen molar-refractivity contribution in [3.8, 4) is 0 Å². The molecule has 0 atom stereocenters. The normalized spacial score (nSPS) is 23.5. The highest BCUT2D eigenvalue weighted by atomic mass is 17.2. The van der Waals surface area contributed by atoms with Gasteiger partial charge in [-0.2, -0.15) is 0 Å². The van der Waals surface area contributed by atoms with Crippen LogP contribution in [-0.4, -0.2) is 12.2 Å². The maximum absolute atomic E-state index is 5.35. The molecule has 0 unspecified atom stereocenters. The van der Waals surface area contributed by atoms with Gasteiger partial charge in [-0.05, 0) is 10.8 Å². The highest BCUT2D eigenvalue weighted by Gasteiger charge is 2.58. The van der Waals surface area contributed by atoms with Gasteiger partial charge in [-0.15, -0.1) is 0 Å². The van der Waals surface area contributed by atoms with E-state index in [0.717, 1.165) is 0 Å². The molecule has 1 aliphatic rings. The summed E-state index contributed by atoms with van der Waals surface area (Å²) < 4.78 is 0. The first-order valence-corrected chi connectivity index (χ1v) is 4.51. The Kier molecular flexibility index (Phi) is 2.05. The lowest BCUT2D eigenvalue weighted by Crippen LogP contribution is -2.64. The molecule has 12 heavy (non-hydrogen) atoms. The van der Waals surface area contributed by atoms with Crippen LogP contribution in [0.3, 0.4) is 0 Å². The van der Waals surface area contributed by atoms with Gasteiger partial charge >= 0.3 is 0 Å². The maximum atomic E-state index is 5.35. The van der Waals surface area contributed by atoms with E-state index in [4.69, 9.17) is 9.78 Å². The fourth-order valence-corrected chi connectivity index (χ4v) is 1.98. The Balaban J connectivity index is 2.92. The van der Waals surface area contributed by atoms with Crippen LogP contribution in [0.1, 0.15) is 41.5 Å². The lowest BCUT2D eigenvalue weighted by molar-refractivity contribution is -0.514. The minimum Gasteiger partial charge on any atom is -0.233 e. The van der Waals surface area contributed by atoms with Crippen molar-refractivity contribution in [3.05, 3.63) is 0 Å². The summed E-state index contributed by atoms with van der Waals surface area (Å²) in [5.41, 5.74) is 0.132. The summed E-state index contributed by atoms with van der Waals surface area (Å²) in [7, 11) is 0. The van der Waals surface area contributed by atoms with Crippen LogP contribution in [0, 0.1) is 10.8 Å².